The zero-order valence-electron chi connectivity index (χ0n) is 12.4. The maximum absolute atomic E-state index is 12.0. The lowest BCUT2D eigenvalue weighted by atomic mass is 10.0. The Bertz CT molecular complexity index is 445. The number of aromatic nitrogens is 2. The van der Waals surface area contributed by atoms with Crippen LogP contribution in [0.2, 0.25) is 0 Å². The molecule has 1 atom stereocenters. The Hall–Kier alpha value is -1.36. The highest BCUT2D eigenvalue weighted by Gasteiger charge is 2.28. The highest BCUT2D eigenvalue weighted by atomic mass is 16.2. The topological polar surface area (TPSA) is 46.9 Å². The van der Waals surface area contributed by atoms with Gasteiger partial charge in [0.05, 0.1) is 38.9 Å². The van der Waals surface area contributed by atoms with Gasteiger partial charge in [0.2, 0.25) is 5.91 Å². The first-order valence-corrected chi connectivity index (χ1v) is 6.98. The van der Waals surface area contributed by atoms with Gasteiger partial charge in [-0.3, -0.25) is 9.48 Å². The Morgan fingerprint density at radius 2 is 2.26 bits per heavy atom. The summed E-state index contributed by atoms with van der Waals surface area (Å²) >= 11 is 0. The van der Waals surface area contributed by atoms with Gasteiger partial charge in [-0.25, -0.2) is 0 Å². The highest BCUT2D eigenvalue weighted by molar-refractivity contribution is 5.76. The van der Waals surface area contributed by atoms with Crippen molar-refractivity contribution in [2.45, 2.75) is 39.3 Å². The van der Waals surface area contributed by atoms with Crippen LogP contribution in [0.5, 0.6) is 0 Å². The Kier molecular flexibility index (Phi) is 3.94. The van der Waals surface area contributed by atoms with Crippen molar-refractivity contribution >= 4 is 5.91 Å². The summed E-state index contributed by atoms with van der Waals surface area (Å²) < 4.78 is 2.72. The summed E-state index contributed by atoms with van der Waals surface area (Å²) in [5, 5.41) is 7.46. The maximum Gasteiger partial charge on any atom is 0.242 e. The van der Waals surface area contributed by atoms with Crippen LogP contribution in [0.25, 0.3) is 0 Å². The van der Waals surface area contributed by atoms with Crippen LogP contribution in [0.3, 0.4) is 0 Å². The minimum atomic E-state index is 0.0643. The van der Waals surface area contributed by atoms with Gasteiger partial charge in [-0.2, -0.15) is 5.10 Å². The number of likely N-dealkylation sites (tertiary alicyclic amines) is 1. The van der Waals surface area contributed by atoms with Gasteiger partial charge in [0.25, 0.3) is 0 Å². The Labute approximate surface area is 115 Å². The predicted molar refractivity (Wildman–Crippen MR) is 74.7 cm³/mol. The molecular formula is C14H25N4O+. The second-order valence-corrected chi connectivity index (χ2v) is 6.34. The molecule has 0 radical (unpaired) electrons. The lowest BCUT2D eigenvalue weighted by molar-refractivity contribution is -0.896. The molecule has 1 aliphatic heterocycles. The molecule has 1 aromatic heterocycles. The number of carbonyl (C=O) groups is 1. The number of aryl methyl sites for hydroxylation is 2. The molecule has 0 saturated carbocycles. The van der Waals surface area contributed by atoms with E-state index in [1.165, 1.54) is 13.0 Å². The van der Waals surface area contributed by atoms with Crippen LogP contribution < -0.4 is 5.32 Å². The first-order valence-electron chi connectivity index (χ1n) is 6.98. The van der Waals surface area contributed by atoms with E-state index in [0.717, 1.165) is 28.7 Å². The van der Waals surface area contributed by atoms with Gasteiger partial charge in [0.15, 0.2) is 0 Å². The molecule has 0 aromatic carbocycles. The summed E-state index contributed by atoms with van der Waals surface area (Å²) in [6.07, 6.45) is 4.19. The molecule has 106 valence electrons. The summed E-state index contributed by atoms with van der Waals surface area (Å²) in [5.41, 5.74) is 2.12. The number of likely N-dealkylation sites (N-methyl/N-ethyl adjacent to an activating group) is 1. The molecule has 1 fully saturated rings. The fourth-order valence-electron chi connectivity index (χ4n) is 2.78. The number of carbonyl (C=O) groups excluding carboxylic acids is 1. The van der Waals surface area contributed by atoms with Crippen LogP contribution in [-0.4, -0.2) is 53.4 Å². The minimum absolute atomic E-state index is 0.0643. The average Bonchev–Trinajstić information content (AvgIpc) is 2.55. The van der Waals surface area contributed by atoms with Crippen molar-refractivity contribution in [2.24, 2.45) is 0 Å². The van der Waals surface area contributed by atoms with E-state index in [4.69, 9.17) is 0 Å². The summed E-state index contributed by atoms with van der Waals surface area (Å²) in [7, 11) is 4.44. The third-order valence-electron chi connectivity index (χ3n) is 3.89. The van der Waals surface area contributed by atoms with E-state index in [1.54, 1.807) is 4.68 Å². The maximum atomic E-state index is 12.0. The van der Waals surface area contributed by atoms with E-state index in [9.17, 15) is 4.79 Å². The average molecular weight is 265 g/mol. The molecule has 2 rings (SSSR count). The van der Waals surface area contributed by atoms with E-state index in [2.05, 4.69) is 24.5 Å². The van der Waals surface area contributed by atoms with Gasteiger partial charge in [-0.1, -0.05) is 0 Å². The normalized spacial score (nSPS) is 22.2. The van der Waals surface area contributed by atoms with E-state index in [0.29, 0.717) is 12.6 Å². The molecule has 0 aliphatic carbocycles. The first-order chi connectivity index (χ1) is 8.85. The molecule has 1 saturated heterocycles. The van der Waals surface area contributed by atoms with Crippen LogP contribution in [-0.2, 0) is 11.3 Å². The van der Waals surface area contributed by atoms with Crippen LogP contribution in [0.1, 0.15) is 24.1 Å². The number of nitrogens with one attached hydrogen (secondary N) is 1. The van der Waals surface area contributed by atoms with Crippen molar-refractivity contribution in [3.05, 3.63) is 17.5 Å². The first kappa shape index (κ1) is 14.1. The molecule has 0 spiro atoms. The van der Waals surface area contributed by atoms with Crippen LogP contribution >= 0.6 is 0 Å². The smallest absolute Gasteiger partial charge is 0.242 e. The van der Waals surface area contributed by atoms with Crippen molar-refractivity contribution in [3.8, 4) is 0 Å². The molecule has 1 aromatic rings. The number of rotatable bonds is 3. The fourth-order valence-corrected chi connectivity index (χ4v) is 2.78. The summed E-state index contributed by atoms with van der Waals surface area (Å²) in [6.45, 7) is 6.51. The van der Waals surface area contributed by atoms with Crippen LogP contribution in [0.15, 0.2) is 6.20 Å². The Morgan fingerprint density at radius 1 is 1.53 bits per heavy atom. The molecular weight excluding hydrogens is 240 g/mol. The van der Waals surface area contributed by atoms with Gasteiger partial charge in [-0.05, 0) is 32.3 Å². The highest BCUT2D eigenvalue weighted by Crippen LogP contribution is 2.14. The molecule has 2 heterocycles. The van der Waals surface area contributed by atoms with Crippen LogP contribution in [0.4, 0.5) is 0 Å². The predicted octanol–water partition coefficient (Wildman–Crippen LogP) is 0.855. The van der Waals surface area contributed by atoms with Gasteiger partial charge in [0.1, 0.15) is 6.54 Å². The third kappa shape index (κ3) is 3.80. The van der Waals surface area contributed by atoms with Gasteiger partial charge >= 0.3 is 0 Å². The zero-order chi connectivity index (χ0) is 14.0. The number of quaternary nitrogens is 1. The molecule has 5 heteroatoms. The van der Waals surface area contributed by atoms with E-state index in [1.807, 2.05) is 20.0 Å². The van der Waals surface area contributed by atoms with Crippen LogP contribution in [0, 0.1) is 13.8 Å². The van der Waals surface area contributed by atoms with Crippen molar-refractivity contribution in [1.82, 2.24) is 15.1 Å². The van der Waals surface area contributed by atoms with Crippen molar-refractivity contribution in [1.29, 1.82) is 0 Å². The molecule has 5 nitrogen and oxygen atoms in total. The van der Waals surface area contributed by atoms with Crippen molar-refractivity contribution in [3.63, 3.8) is 0 Å². The summed E-state index contributed by atoms with van der Waals surface area (Å²) in [5.74, 6) is 0.0643. The fraction of sp³-hybridized carbons (Fsp3) is 0.714. The number of hydrogen-bond donors (Lipinski definition) is 1. The quantitative estimate of drug-likeness (QED) is 0.824. The number of nitrogens with zero attached hydrogens (tertiary/aromatic N) is 3. The minimum Gasteiger partial charge on any atom is -0.346 e. The van der Waals surface area contributed by atoms with Crippen molar-refractivity contribution < 1.29 is 9.28 Å². The lowest BCUT2D eigenvalue weighted by Crippen LogP contribution is -2.55. The number of hydrogen-bond acceptors (Lipinski definition) is 2. The standard InChI is InChI=1S/C14H24N4O/c1-11-8-17(16-12(11)2)9-14(19)15-13-6-5-7-18(3,4)10-13/h8,13H,5-7,9-10H2,1-4H3/p+1. The monoisotopic (exact) mass is 265 g/mol. The molecule has 1 unspecified atom stereocenters. The number of piperidine rings is 1. The molecule has 0 bridgehead atoms. The largest absolute Gasteiger partial charge is 0.346 e. The molecule has 1 N–H and O–H groups in total. The van der Waals surface area contributed by atoms with Gasteiger partial charge in [0, 0.05) is 6.20 Å². The van der Waals surface area contributed by atoms with Gasteiger partial charge in [-0.15, -0.1) is 0 Å². The van der Waals surface area contributed by atoms with E-state index in [-0.39, 0.29) is 5.91 Å². The summed E-state index contributed by atoms with van der Waals surface area (Å²) in [6, 6.07) is 0.300. The Morgan fingerprint density at radius 3 is 2.84 bits per heavy atom. The zero-order valence-corrected chi connectivity index (χ0v) is 12.4. The molecule has 1 aliphatic rings. The van der Waals surface area contributed by atoms with Gasteiger partial charge < -0.3 is 9.80 Å². The number of amides is 1. The lowest BCUT2D eigenvalue weighted by Gasteiger charge is -2.38. The molecule has 1 amide bonds. The Balaban J connectivity index is 1.87. The van der Waals surface area contributed by atoms with Crippen molar-refractivity contribution in [2.75, 3.05) is 27.2 Å². The SMILES string of the molecule is Cc1cn(CC(=O)NC2CCC[N+](C)(C)C2)nc1C. The second-order valence-electron chi connectivity index (χ2n) is 6.34. The molecule has 19 heavy (non-hydrogen) atoms. The van der Waals surface area contributed by atoms with E-state index < -0.39 is 0 Å². The second kappa shape index (κ2) is 5.33. The summed E-state index contributed by atoms with van der Waals surface area (Å²) in [4.78, 5) is 12.0. The third-order valence-corrected chi connectivity index (χ3v) is 3.89. The van der Waals surface area contributed by atoms with E-state index >= 15 is 0 Å².